The van der Waals surface area contributed by atoms with Crippen LogP contribution < -0.4 is 10.6 Å². The van der Waals surface area contributed by atoms with Gasteiger partial charge in [0.25, 0.3) is 5.91 Å². The van der Waals surface area contributed by atoms with Crippen LogP contribution in [0.5, 0.6) is 0 Å². The van der Waals surface area contributed by atoms with Crippen molar-refractivity contribution in [2.75, 3.05) is 10.6 Å². The van der Waals surface area contributed by atoms with E-state index in [0.29, 0.717) is 16.3 Å². The first-order valence-corrected chi connectivity index (χ1v) is 12.9. The fourth-order valence-corrected chi connectivity index (χ4v) is 5.29. The minimum atomic E-state index is -0.497. The van der Waals surface area contributed by atoms with E-state index in [4.69, 9.17) is 23.2 Å². The Bertz CT molecular complexity index is 1410. The Balaban J connectivity index is 1.56. The maximum absolute atomic E-state index is 13.4. The first-order chi connectivity index (χ1) is 17.3. The van der Waals surface area contributed by atoms with Crippen molar-refractivity contribution in [3.63, 3.8) is 0 Å². The van der Waals surface area contributed by atoms with Crippen molar-refractivity contribution in [1.29, 1.82) is 0 Å². The molecule has 0 aliphatic rings. The molecule has 2 amide bonds. The number of nitrogens with one attached hydrogen (secondary N) is 2. The highest BCUT2D eigenvalue weighted by Crippen LogP contribution is 2.37. The van der Waals surface area contributed by atoms with Crippen molar-refractivity contribution in [2.45, 2.75) is 24.0 Å². The Morgan fingerprint density at radius 2 is 1.58 bits per heavy atom. The third kappa shape index (κ3) is 6.49. The van der Waals surface area contributed by atoms with Crippen molar-refractivity contribution < 1.29 is 9.59 Å². The van der Waals surface area contributed by atoms with Crippen LogP contribution in [0.1, 0.15) is 32.3 Å². The van der Waals surface area contributed by atoms with Crippen LogP contribution in [0.4, 0.5) is 11.4 Å². The number of carbonyl (C=O) groups is 2. The number of thioether (sulfide) groups is 1. The molecule has 4 rings (SSSR count). The summed E-state index contributed by atoms with van der Waals surface area (Å²) in [6.45, 7) is 4.00. The molecule has 182 valence electrons. The van der Waals surface area contributed by atoms with Crippen molar-refractivity contribution in [3.05, 3.63) is 123 Å². The lowest BCUT2D eigenvalue weighted by molar-refractivity contribution is -0.115. The lowest BCUT2D eigenvalue weighted by atomic mass is 10.1. The fraction of sp³-hybridized carbons (Fsp3) is 0.103. The van der Waals surface area contributed by atoms with Gasteiger partial charge in [0.2, 0.25) is 5.91 Å². The van der Waals surface area contributed by atoms with Gasteiger partial charge in [0.15, 0.2) is 0 Å². The van der Waals surface area contributed by atoms with Crippen LogP contribution in [0.2, 0.25) is 10.0 Å². The predicted octanol–water partition coefficient (Wildman–Crippen LogP) is 8.33. The van der Waals surface area contributed by atoms with Gasteiger partial charge in [-0.2, -0.15) is 0 Å². The summed E-state index contributed by atoms with van der Waals surface area (Å²) in [6.07, 6.45) is 0. The van der Waals surface area contributed by atoms with E-state index in [1.807, 2.05) is 80.6 Å². The molecule has 0 radical (unpaired) electrons. The van der Waals surface area contributed by atoms with Gasteiger partial charge in [-0.05, 0) is 67.4 Å². The van der Waals surface area contributed by atoms with Gasteiger partial charge < -0.3 is 10.6 Å². The SMILES string of the molecule is Cc1ccc(NC(=O)C(Sc2cccc(NC(=O)c3ccc(Cl)cc3Cl)c2)c2ccccc2)c(C)c1. The number of hydrogen-bond acceptors (Lipinski definition) is 3. The summed E-state index contributed by atoms with van der Waals surface area (Å²) in [5.74, 6) is -0.466. The zero-order valence-electron chi connectivity index (χ0n) is 19.7. The lowest BCUT2D eigenvalue weighted by Gasteiger charge is -2.19. The summed E-state index contributed by atoms with van der Waals surface area (Å²) in [4.78, 5) is 27.0. The zero-order chi connectivity index (χ0) is 25.7. The molecule has 0 aliphatic heterocycles. The van der Waals surface area contributed by atoms with Gasteiger partial charge in [-0.1, -0.05) is 77.3 Å². The average Bonchev–Trinajstić information content (AvgIpc) is 2.85. The average molecular weight is 535 g/mol. The molecule has 1 atom stereocenters. The van der Waals surface area contributed by atoms with E-state index in [2.05, 4.69) is 10.6 Å². The van der Waals surface area contributed by atoms with Crippen LogP contribution in [0.25, 0.3) is 0 Å². The van der Waals surface area contributed by atoms with Crippen LogP contribution in [0, 0.1) is 13.8 Å². The summed E-state index contributed by atoms with van der Waals surface area (Å²) >= 11 is 13.5. The molecular formula is C29H24Cl2N2O2S. The van der Waals surface area contributed by atoms with Crippen molar-refractivity contribution in [1.82, 2.24) is 0 Å². The van der Waals surface area contributed by atoms with E-state index in [-0.39, 0.29) is 16.8 Å². The van der Waals surface area contributed by atoms with E-state index in [1.165, 1.54) is 17.8 Å². The fourth-order valence-electron chi connectivity index (χ4n) is 3.71. The monoisotopic (exact) mass is 534 g/mol. The van der Waals surface area contributed by atoms with Crippen LogP contribution in [-0.4, -0.2) is 11.8 Å². The van der Waals surface area contributed by atoms with Gasteiger partial charge in [0.05, 0.1) is 10.6 Å². The van der Waals surface area contributed by atoms with E-state index in [1.54, 1.807) is 18.2 Å². The van der Waals surface area contributed by atoms with Gasteiger partial charge in [-0.25, -0.2) is 0 Å². The number of hydrogen-bond donors (Lipinski definition) is 2. The maximum Gasteiger partial charge on any atom is 0.257 e. The Morgan fingerprint density at radius 1 is 0.806 bits per heavy atom. The smallest absolute Gasteiger partial charge is 0.257 e. The third-order valence-corrected chi connectivity index (χ3v) is 7.30. The Morgan fingerprint density at radius 3 is 2.31 bits per heavy atom. The lowest BCUT2D eigenvalue weighted by Crippen LogP contribution is -2.19. The van der Waals surface area contributed by atoms with E-state index in [0.717, 1.165) is 27.3 Å². The number of aryl methyl sites for hydroxylation is 2. The van der Waals surface area contributed by atoms with Crippen LogP contribution in [0.3, 0.4) is 0 Å². The molecule has 0 aliphatic carbocycles. The quantitative estimate of drug-likeness (QED) is 0.234. The molecule has 2 N–H and O–H groups in total. The summed E-state index contributed by atoms with van der Waals surface area (Å²) < 4.78 is 0. The van der Waals surface area contributed by atoms with Crippen molar-refractivity contribution >= 4 is 58.2 Å². The highest BCUT2D eigenvalue weighted by Gasteiger charge is 2.23. The molecule has 4 aromatic rings. The Labute approximate surface area is 225 Å². The first kappa shape index (κ1) is 25.8. The summed E-state index contributed by atoms with van der Waals surface area (Å²) in [5, 5.41) is 6.19. The number of carbonyl (C=O) groups excluding carboxylic acids is 2. The molecule has 7 heteroatoms. The summed E-state index contributed by atoms with van der Waals surface area (Å²) in [5.41, 5.74) is 4.73. The second kappa shape index (κ2) is 11.7. The number of anilines is 2. The highest BCUT2D eigenvalue weighted by atomic mass is 35.5. The number of halogens is 2. The third-order valence-electron chi connectivity index (χ3n) is 5.50. The van der Waals surface area contributed by atoms with Crippen LogP contribution >= 0.6 is 35.0 Å². The van der Waals surface area contributed by atoms with E-state index in [9.17, 15) is 9.59 Å². The number of benzene rings is 4. The largest absolute Gasteiger partial charge is 0.325 e. The second-order valence-corrected chi connectivity index (χ2v) is 10.3. The standard InChI is InChI=1S/C29H24Cl2N2O2S/c1-18-11-14-26(19(2)15-18)33-29(35)27(20-7-4-3-5-8-20)36-23-10-6-9-22(17-23)32-28(34)24-13-12-21(30)16-25(24)31/h3-17,27H,1-2H3,(H,32,34)(H,33,35). The predicted molar refractivity (Wildman–Crippen MR) is 150 cm³/mol. The minimum Gasteiger partial charge on any atom is -0.325 e. The van der Waals surface area contributed by atoms with Gasteiger partial charge in [-0.15, -0.1) is 11.8 Å². The molecule has 0 heterocycles. The van der Waals surface area contributed by atoms with E-state index < -0.39 is 5.25 Å². The zero-order valence-corrected chi connectivity index (χ0v) is 22.0. The Kier molecular flexibility index (Phi) is 8.36. The Hall–Kier alpha value is -3.25. The number of rotatable bonds is 7. The molecule has 0 fully saturated rings. The molecule has 0 aromatic heterocycles. The minimum absolute atomic E-state index is 0.125. The molecule has 0 saturated heterocycles. The van der Waals surface area contributed by atoms with Gasteiger partial charge in [0.1, 0.15) is 5.25 Å². The molecule has 0 spiro atoms. The van der Waals surface area contributed by atoms with E-state index >= 15 is 0 Å². The molecule has 4 aromatic carbocycles. The molecule has 36 heavy (non-hydrogen) atoms. The van der Waals surface area contributed by atoms with Crippen molar-refractivity contribution in [2.24, 2.45) is 0 Å². The second-order valence-electron chi connectivity index (χ2n) is 8.32. The topological polar surface area (TPSA) is 58.2 Å². The molecule has 4 nitrogen and oxygen atoms in total. The molecular weight excluding hydrogens is 511 g/mol. The van der Waals surface area contributed by atoms with Crippen LogP contribution in [-0.2, 0) is 4.79 Å². The number of amides is 2. The maximum atomic E-state index is 13.4. The highest BCUT2D eigenvalue weighted by molar-refractivity contribution is 8.00. The van der Waals surface area contributed by atoms with Gasteiger partial charge in [-0.3, -0.25) is 9.59 Å². The molecule has 1 unspecified atom stereocenters. The molecule has 0 bridgehead atoms. The molecule has 0 saturated carbocycles. The first-order valence-electron chi connectivity index (χ1n) is 11.3. The normalized spacial score (nSPS) is 11.6. The van der Waals surface area contributed by atoms with Gasteiger partial charge in [0, 0.05) is 21.3 Å². The van der Waals surface area contributed by atoms with Crippen molar-refractivity contribution in [3.8, 4) is 0 Å². The summed E-state index contributed by atoms with van der Waals surface area (Å²) in [6, 6.07) is 27.7. The summed E-state index contributed by atoms with van der Waals surface area (Å²) in [7, 11) is 0. The van der Waals surface area contributed by atoms with Gasteiger partial charge >= 0.3 is 0 Å². The van der Waals surface area contributed by atoms with Crippen LogP contribution in [0.15, 0.2) is 95.9 Å².